The number of cyclic esters (lactones) is 1. The van der Waals surface area contributed by atoms with E-state index in [9.17, 15) is 9.59 Å². The minimum absolute atomic E-state index is 0.104. The molecule has 1 aromatic carbocycles. The van der Waals surface area contributed by atoms with Crippen LogP contribution < -0.4 is 5.32 Å². The molecule has 2 atom stereocenters. The lowest BCUT2D eigenvalue weighted by atomic mass is 9.94. The molecule has 0 spiro atoms. The largest absolute Gasteiger partial charge is 0.448 e. The molecular formula is C19H26N2O3. The Hall–Kier alpha value is -2.04. The third kappa shape index (κ3) is 4.49. The highest BCUT2D eigenvalue weighted by Crippen LogP contribution is 2.29. The number of hydrogen-bond acceptors (Lipinski definition) is 3. The Morgan fingerprint density at radius 1 is 1.25 bits per heavy atom. The second kappa shape index (κ2) is 8.18. The molecule has 2 amide bonds. The first-order valence-corrected chi connectivity index (χ1v) is 8.97. The number of benzene rings is 1. The van der Waals surface area contributed by atoms with Crippen LogP contribution in [-0.2, 0) is 16.0 Å². The van der Waals surface area contributed by atoms with E-state index >= 15 is 0 Å². The minimum atomic E-state index is -0.255. The van der Waals surface area contributed by atoms with Gasteiger partial charge < -0.3 is 15.0 Å². The summed E-state index contributed by atoms with van der Waals surface area (Å²) in [5, 5.41) is 3.21. The summed E-state index contributed by atoms with van der Waals surface area (Å²) in [7, 11) is 0. The quantitative estimate of drug-likeness (QED) is 0.836. The number of nitrogens with one attached hydrogen (secondary N) is 1. The fourth-order valence-electron chi connectivity index (χ4n) is 3.73. The fraction of sp³-hybridized carbons (Fsp3) is 0.579. The predicted octanol–water partition coefficient (Wildman–Crippen LogP) is 2.75. The zero-order valence-corrected chi connectivity index (χ0v) is 14.1. The lowest BCUT2D eigenvalue weighted by Gasteiger charge is -2.21. The van der Waals surface area contributed by atoms with Crippen molar-refractivity contribution >= 4 is 12.0 Å². The van der Waals surface area contributed by atoms with Crippen molar-refractivity contribution in [1.82, 2.24) is 10.2 Å². The molecule has 1 saturated heterocycles. The molecule has 24 heavy (non-hydrogen) atoms. The van der Waals surface area contributed by atoms with Crippen LogP contribution in [0.5, 0.6) is 0 Å². The molecule has 3 rings (SSSR count). The van der Waals surface area contributed by atoms with Gasteiger partial charge in [-0.3, -0.25) is 4.79 Å². The molecular weight excluding hydrogens is 304 g/mol. The van der Waals surface area contributed by atoms with Crippen LogP contribution in [0.4, 0.5) is 4.79 Å². The third-order valence-electron chi connectivity index (χ3n) is 5.02. The molecule has 0 radical (unpaired) electrons. The highest BCUT2D eigenvalue weighted by atomic mass is 16.6. The first-order chi connectivity index (χ1) is 11.7. The molecule has 1 aliphatic carbocycles. The minimum Gasteiger partial charge on any atom is -0.448 e. The van der Waals surface area contributed by atoms with Crippen molar-refractivity contribution in [3.8, 4) is 0 Å². The molecule has 1 N–H and O–H groups in total. The number of rotatable bonds is 7. The van der Waals surface area contributed by atoms with Gasteiger partial charge in [-0.05, 0) is 37.2 Å². The van der Waals surface area contributed by atoms with Crippen molar-refractivity contribution in [2.45, 2.75) is 44.6 Å². The Bertz CT molecular complexity index is 561. The van der Waals surface area contributed by atoms with Crippen LogP contribution in [0.25, 0.3) is 0 Å². The summed E-state index contributed by atoms with van der Waals surface area (Å²) in [6, 6.07) is 10.8. The molecule has 1 heterocycles. The average Bonchev–Trinajstić information content (AvgIpc) is 3.18. The van der Waals surface area contributed by atoms with Crippen LogP contribution in [-0.4, -0.2) is 42.6 Å². The Kier molecular flexibility index (Phi) is 5.72. The maximum Gasteiger partial charge on any atom is 0.409 e. The average molecular weight is 330 g/mol. The van der Waals surface area contributed by atoms with E-state index in [0.717, 1.165) is 12.8 Å². The Morgan fingerprint density at radius 2 is 2.08 bits per heavy atom. The molecule has 5 heteroatoms. The van der Waals surface area contributed by atoms with Crippen LogP contribution in [0.3, 0.4) is 0 Å². The van der Waals surface area contributed by atoms with E-state index in [1.165, 1.54) is 18.4 Å². The summed E-state index contributed by atoms with van der Waals surface area (Å²) in [5.41, 5.74) is 1.34. The molecule has 0 aromatic heterocycles. The monoisotopic (exact) mass is 330 g/mol. The van der Waals surface area contributed by atoms with Crippen molar-refractivity contribution in [2.75, 3.05) is 19.7 Å². The van der Waals surface area contributed by atoms with Crippen LogP contribution in [0.1, 0.15) is 37.7 Å². The molecule has 0 unspecified atom stereocenters. The summed E-state index contributed by atoms with van der Waals surface area (Å²) < 4.78 is 4.89. The van der Waals surface area contributed by atoms with Gasteiger partial charge in [0.05, 0.1) is 6.54 Å². The number of hydrogen-bond donors (Lipinski definition) is 1. The lowest BCUT2D eigenvalue weighted by molar-refractivity contribution is -0.122. The lowest BCUT2D eigenvalue weighted by Crippen LogP contribution is -2.38. The second-order valence-electron chi connectivity index (χ2n) is 6.76. The number of amides is 2. The van der Waals surface area contributed by atoms with Crippen molar-refractivity contribution in [2.24, 2.45) is 5.92 Å². The normalized spacial score (nSPS) is 23.3. The highest BCUT2D eigenvalue weighted by Gasteiger charge is 2.28. The first kappa shape index (κ1) is 16.8. The van der Waals surface area contributed by atoms with Gasteiger partial charge in [-0.1, -0.05) is 36.8 Å². The van der Waals surface area contributed by atoms with Crippen LogP contribution in [0, 0.1) is 5.92 Å². The number of carbonyl (C=O) groups is 2. The molecule has 0 bridgehead atoms. The molecule has 2 aliphatic rings. The molecule has 1 aliphatic heterocycles. The highest BCUT2D eigenvalue weighted by molar-refractivity contribution is 5.76. The Balaban J connectivity index is 1.40. The number of ether oxygens (including phenoxy) is 1. The van der Waals surface area contributed by atoms with Crippen molar-refractivity contribution in [1.29, 1.82) is 0 Å². The van der Waals surface area contributed by atoms with Gasteiger partial charge in [0, 0.05) is 19.0 Å². The van der Waals surface area contributed by atoms with E-state index in [-0.39, 0.29) is 18.0 Å². The van der Waals surface area contributed by atoms with E-state index < -0.39 is 0 Å². The molecule has 1 aromatic rings. The van der Waals surface area contributed by atoms with Crippen LogP contribution in [0.2, 0.25) is 0 Å². The smallest absolute Gasteiger partial charge is 0.409 e. The van der Waals surface area contributed by atoms with Gasteiger partial charge in [-0.15, -0.1) is 0 Å². The summed E-state index contributed by atoms with van der Waals surface area (Å²) in [6.07, 6.45) is 5.37. The summed E-state index contributed by atoms with van der Waals surface area (Å²) in [6.45, 7) is 1.71. The van der Waals surface area contributed by atoms with Gasteiger partial charge in [0.1, 0.15) is 6.61 Å². The fourth-order valence-corrected chi connectivity index (χ4v) is 3.73. The van der Waals surface area contributed by atoms with Gasteiger partial charge >= 0.3 is 6.09 Å². The predicted molar refractivity (Wildman–Crippen MR) is 91.6 cm³/mol. The van der Waals surface area contributed by atoms with Gasteiger partial charge in [0.15, 0.2) is 0 Å². The SMILES string of the molecule is O=C(CCCN1CCOC1=O)N[C@@H]1CCC[C@@H]1Cc1ccccc1. The van der Waals surface area contributed by atoms with Crippen molar-refractivity contribution in [3.05, 3.63) is 35.9 Å². The second-order valence-corrected chi connectivity index (χ2v) is 6.76. The molecule has 2 fully saturated rings. The maximum atomic E-state index is 12.2. The maximum absolute atomic E-state index is 12.2. The van der Waals surface area contributed by atoms with E-state index in [1.54, 1.807) is 4.90 Å². The Labute approximate surface area is 143 Å². The zero-order valence-electron chi connectivity index (χ0n) is 14.1. The van der Waals surface area contributed by atoms with E-state index in [0.29, 0.717) is 38.5 Å². The van der Waals surface area contributed by atoms with Gasteiger partial charge in [0.2, 0.25) is 5.91 Å². The topological polar surface area (TPSA) is 58.6 Å². The summed E-state index contributed by atoms with van der Waals surface area (Å²) >= 11 is 0. The van der Waals surface area contributed by atoms with E-state index in [2.05, 4.69) is 29.6 Å². The van der Waals surface area contributed by atoms with Gasteiger partial charge in [-0.2, -0.15) is 0 Å². The van der Waals surface area contributed by atoms with Gasteiger partial charge in [-0.25, -0.2) is 4.79 Å². The first-order valence-electron chi connectivity index (χ1n) is 8.97. The van der Waals surface area contributed by atoms with E-state index in [4.69, 9.17) is 4.74 Å². The van der Waals surface area contributed by atoms with Crippen LogP contribution in [0.15, 0.2) is 30.3 Å². The van der Waals surface area contributed by atoms with E-state index in [1.807, 2.05) is 6.07 Å². The molecule has 1 saturated carbocycles. The number of carbonyl (C=O) groups excluding carboxylic acids is 2. The summed E-state index contributed by atoms with van der Waals surface area (Å²) in [4.78, 5) is 25.2. The molecule has 5 nitrogen and oxygen atoms in total. The standard InChI is InChI=1S/C19H26N2O3/c22-18(10-5-11-21-12-13-24-19(21)23)20-17-9-4-8-16(17)14-15-6-2-1-3-7-15/h1-3,6-7,16-17H,4-5,8-14H2,(H,20,22)/t16-,17-/m1/s1. The molecule has 130 valence electrons. The van der Waals surface area contributed by atoms with Crippen molar-refractivity contribution < 1.29 is 14.3 Å². The van der Waals surface area contributed by atoms with Gasteiger partial charge in [0.25, 0.3) is 0 Å². The van der Waals surface area contributed by atoms with Crippen molar-refractivity contribution in [3.63, 3.8) is 0 Å². The summed E-state index contributed by atoms with van der Waals surface area (Å²) in [5.74, 6) is 0.637. The Morgan fingerprint density at radius 3 is 2.83 bits per heavy atom. The van der Waals surface area contributed by atoms with Crippen LogP contribution >= 0.6 is 0 Å². The third-order valence-corrected chi connectivity index (χ3v) is 5.02. The number of nitrogens with zero attached hydrogens (tertiary/aromatic N) is 1. The zero-order chi connectivity index (χ0) is 16.8.